The van der Waals surface area contributed by atoms with Gasteiger partial charge in [-0.05, 0) is 13.8 Å². The van der Waals surface area contributed by atoms with Gasteiger partial charge in [-0.25, -0.2) is 19.2 Å². The van der Waals surface area contributed by atoms with E-state index in [4.69, 9.17) is 9.47 Å². The Bertz CT molecular complexity index is 658. The number of nitrogens with one attached hydrogen (secondary N) is 2. The zero-order valence-corrected chi connectivity index (χ0v) is 13.2. The zero-order chi connectivity index (χ0) is 17.9. The molecule has 1 aromatic rings. The number of carbonyl (C=O) groups excluding carboxylic acids is 3. The summed E-state index contributed by atoms with van der Waals surface area (Å²) < 4.78 is 18.8. The molecule has 24 heavy (non-hydrogen) atoms. The van der Waals surface area contributed by atoms with Crippen molar-refractivity contribution in [3.05, 3.63) is 34.3 Å². The standard InChI is InChI=1S/C14H18N2O8/c1-3-15-13(19)16-6-7-21-11(17)4-5-12(18)22-8-10-9(2)23-14(20)24-10/h4-5H,3,6-8H2,1-2H3,(H2,15,16,19)/b5-4+. The maximum absolute atomic E-state index is 11.4. The molecular weight excluding hydrogens is 324 g/mol. The van der Waals surface area contributed by atoms with E-state index in [1.165, 1.54) is 6.92 Å². The second-order valence-corrected chi connectivity index (χ2v) is 4.33. The van der Waals surface area contributed by atoms with Crippen molar-refractivity contribution in [1.82, 2.24) is 10.6 Å². The number of amides is 2. The van der Waals surface area contributed by atoms with Crippen LogP contribution >= 0.6 is 0 Å². The second kappa shape index (κ2) is 9.87. The highest BCUT2D eigenvalue weighted by Crippen LogP contribution is 2.06. The monoisotopic (exact) mass is 342 g/mol. The summed E-state index contributed by atoms with van der Waals surface area (Å²) >= 11 is 0. The normalized spacial score (nSPS) is 10.4. The Balaban J connectivity index is 2.23. The number of hydrogen-bond donors (Lipinski definition) is 2. The predicted octanol–water partition coefficient (Wildman–Crippen LogP) is 0.00292. The highest BCUT2D eigenvalue weighted by Gasteiger charge is 2.10. The van der Waals surface area contributed by atoms with Crippen molar-refractivity contribution in [1.29, 1.82) is 0 Å². The van der Waals surface area contributed by atoms with Gasteiger partial charge in [0.25, 0.3) is 0 Å². The number of hydrogen-bond acceptors (Lipinski definition) is 8. The number of aryl methyl sites for hydroxylation is 1. The lowest BCUT2D eigenvalue weighted by Crippen LogP contribution is -2.37. The van der Waals surface area contributed by atoms with Crippen molar-refractivity contribution in [3.8, 4) is 0 Å². The van der Waals surface area contributed by atoms with Crippen molar-refractivity contribution in [3.63, 3.8) is 0 Å². The van der Waals surface area contributed by atoms with Gasteiger partial charge in [-0.1, -0.05) is 0 Å². The summed E-state index contributed by atoms with van der Waals surface area (Å²) in [6.45, 7) is 3.52. The molecule has 0 aromatic carbocycles. The van der Waals surface area contributed by atoms with Crippen LogP contribution in [-0.4, -0.2) is 37.7 Å². The fourth-order valence-electron chi connectivity index (χ4n) is 1.41. The molecule has 2 amide bonds. The van der Waals surface area contributed by atoms with Crippen LogP contribution in [0.5, 0.6) is 0 Å². The number of ether oxygens (including phenoxy) is 2. The van der Waals surface area contributed by atoms with Crippen molar-refractivity contribution in [2.75, 3.05) is 19.7 Å². The predicted molar refractivity (Wildman–Crippen MR) is 79.0 cm³/mol. The van der Waals surface area contributed by atoms with Crippen LogP contribution in [0, 0.1) is 6.92 Å². The highest BCUT2D eigenvalue weighted by atomic mass is 16.6. The molecule has 10 heteroatoms. The largest absolute Gasteiger partial charge is 0.519 e. The fraction of sp³-hybridized carbons (Fsp3) is 0.429. The number of rotatable bonds is 8. The van der Waals surface area contributed by atoms with E-state index >= 15 is 0 Å². The van der Waals surface area contributed by atoms with E-state index in [0.717, 1.165) is 12.2 Å². The van der Waals surface area contributed by atoms with E-state index < -0.39 is 17.8 Å². The summed E-state index contributed by atoms with van der Waals surface area (Å²) in [5, 5.41) is 4.97. The molecule has 0 aliphatic heterocycles. The molecule has 10 nitrogen and oxygen atoms in total. The number of carbonyl (C=O) groups is 3. The van der Waals surface area contributed by atoms with Crippen molar-refractivity contribution in [2.24, 2.45) is 0 Å². The Kier molecular flexibility index (Phi) is 7.82. The quantitative estimate of drug-likeness (QED) is 0.383. The molecule has 0 aliphatic carbocycles. The van der Waals surface area contributed by atoms with Crippen LogP contribution in [0.2, 0.25) is 0 Å². The van der Waals surface area contributed by atoms with E-state index in [1.54, 1.807) is 6.92 Å². The number of urea groups is 1. The minimum atomic E-state index is -0.890. The highest BCUT2D eigenvalue weighted by molar-refractivity contribution is 5.91. The molecule has 1 rings (SSSR count). The summed E-state index contributed by atoms with van der Waals surface area (Å²) in [5.41, 5.74) is 0. The van der Waals surface area contributed by atoms with Gasteiger partial charge in [-0.3, -0.25) is 0 Å². The molecule has 2 N–H and O–H groups in total. The van der Waals surface area contributed by atoms with Gasteiger partial charge in [0.2, 0.25) is 0 Å². The van der Waals surface area contributed by atoms with E-state index in [9.17, 15) is 19.2 Å². The molecule has 132 valence electrons. The first kappa shape index (κ1) is 19.0. The first-order valence-electron chi connectivity index (χ1n) is 7.05. The molecule has 1 aromatic heterocycles. The lowest BCUT2D eigenvalue weighted by molar-refractivity contribution is -0.141. The fourth-order valence-corrected chi connectivity index (χ4v) is 1.41. The minimum Gasteiger partial charge on any atom is -0.461 e. The zero-order valence-electron chi connectivity index (χ0n) is 13.2. The Labute approximate surface area is 136 Å². The van der Waals surface area contributed by atoms with Gasteiger partial charge in [0.1, 0.15) is 6.61 Å². The topological polar surface area (TPSA) is 137 Å². The molecule has 0 radical (unpaired) electrons. The Hall–Kier alpha value is -3.04. The minimum absolute atomic E-state index is 0.0469. The Morgan fingerprint density at radius 1 is 1.08 bits per heavy atom. The van der Waals surface area contributed by atoms with Crippen molar-refractivity contribution in [2.45, 2.75) is 20.5 Å². The Morgan fingerprint density at radius 3 is 2.33 bits per heavy atom. The third-order valence-electron chi connectivity index (χ3n) is 2.51. The summed E-state index contributed by atoms with van der Waals surface area (Å²) in [7, 11) is 0. The van der Waals surface area contributed by atoms with Gasteiger partial charge < -0.3 is 28.9 Å². The SMILES string of the molecule is CCNC(=O)NCCOC(=O)/C=C/C(=O)OCc1oc(=O)oc1C. The van der Waals surface area contributed by atoms with Crippen molar-refractivity contribution >= 4 is 18.0 Å². The molecule has 1 heterocycles. The van der Waals surface area contributed by atoms with Crippen molar-refractivity contribution < 1.29 is 32.7 Å². The summed E-state index contributed by atoms with van der Waals surface area (Å²) in [5.74, 6) is -2.19. The molecule has 0 atom stereocenters. The Morgan fingerprint density at radius 2 is 1.75 bits per heavy atom. The first-order chi connectivity index (χ1) is 11.4. The maximum atomic E-state index is 11.4. The molecule has 0 saturated carbocycles. The van der Waals surface area contributed by atoms with E-state index in [2.05, 4.69) is 19.5 Å². The van der Waals surface area contributed by atoms with Crippen LogP contribution in [-0.2, 0) is 25.7 Å². The van der Waals surface area contributed by atoms with Crippen LogP contribution in [0.15, 0.2) is 25.8 Å². The average molecular weight is 342 g/mol. The summed E-state index contributed by atoms with van der Waals surface area (Å²) in [6, 6.07) is -0.367. The number of esters is 2. The molecule has 0 unspecified atom stereocenters. The van der Waals surface area contributed by atoms with Crippen LogP contribution in [0.4, 0.5) is 4.79 Å². The molecule has 0 spiro atoms. The average Bonchev–Trinajstić information content (AvgIpc) is 2.85. The molecule has 0 fully saturated rings. The molecule has 0 bridgehead atoms. The van der Waals surface area contributed by atoms with Gasteiger partial charge in [-0.2, -0.15) is 0 Å². The molecule has 0 saturated heterocycles. The lowest BCUT2D eigenvalue weighted by Gasteiger charge is -2.05. The van der Waals surface area contributed by atoms with E-state index in [-0.39, 0.29) is 37.3 Å². The van der Waals surface area contributed by atoms with Gasteiger partial charge in [0, 0.05) is 18.7 Å². The third-order valence-corrected chi connectivity index (χ3v) is 2.51. The molecule has 0 aliphatic rings. The van der Waals surface area contributed by atoms with E-state index in [0.29, 0.717) is 6.54 Å². The second-order valence-electron chi connectivity index (χ2n) is 4.33. The smallest absolute Gasteiger partial charge is 0.461 e. The van der Waals surface area contributed by atoms with Crippen LogP contribution in [0.1, 0.15) is 18.4 Å². The summed E-state index contributed by atoms with van der Waals surface area (Å²) in [6.07, 6.45) is 1.75. The van der Waals surface area contributed by atoms with Crippen LogP contribution < -0.4 is 16.5 Å². The van der Waals surface area contributed by atoms with Gasteiger partial charge >= 0.3 is 23.8 Å². The maximum Gasteiger partial charge on any atom is 0.519 e. The van der Waals surface area contributed by atoms with Crippen LogP contribution in [0.25, 0.3) is 0 Å². The lowest BCUT2D eigenvalue weighted by atomic mass is 10.4. The van der Waals surface area contributed by atoms with Gasteiger partial charge in [-0.15, -0.1) is 0 Å². The third kappa shape index (κ3) is 7.29. The summed E-state index contributed by atoms with van der Waals surface area (Å²) in [4.78, 5) is 44.6. The van der Waals surface area contributed by atoms with Gasteiger partial charge in [0.05, 0.1) is 6.54 Å². The van der Waals surface area contributed by atoms with Crippen LogP contribution in [0.3, 0.4) is 0 Å². The first-order valence-corrected chi connectivity index (χ1v) is 7.05. The molecular formula is C14H18N2O8. The van der Waals surface area contributed by atoms with Gasteiger partial charge in [0.15, 0.2) is 18.1 Å². The van der Waals surface area contributed by atoms with E-state index in [1.807, 2.05) is 0 Å².